The molecular weight excluding hydrogens is 407 g/mol. The van der Waals surface area contributed by atoms with Gasteiger partial charge in [-0.2, -0.15) is 0 Å². The van der Waals surface area contributed by atoms with E-state index in [-0.39, 0.29) is 17.8 Å². The topological polar surface area (TPSA) is 36.0 Å². The quantitative estimate of drug-likeness (QED) is 0.614. The molecule has 0 bridgehead atoms. The highest BCUT2D eigenvalue weighted by Crippen LogP contribution is 2.31. The van der Waals surface area contributed by atoms with E-state index >= 15 is 0 Å². The summed E-state index contributed by atoms with van der Waals surface area (Å²) in [5, 5.41) is 0. The van der Waals surface area contributed by atoms with Crippen molar-refractivity contribution in [2.45, 2.75) is 32.8 Å². The minimum Gasteiger partial charge on any atom is -0.406 e. The zero-order valence-electron chi connectivity index (χ0n) is 18.0. The van der Waals surface area contributed by atoms with Crippen LogP contribution in [-0.4, -0.2) is 55.3 Å². The van der Waals surface area contributed by atoms with Crippen LogP contribution >= 0.6 is 0 Å². The number of hydrogen-bond donors (Lipinski definition) is 0. The number of halogens is 3. The van der Waals surface area contributed by atoms with Gasteiger partial charge in [0.1, 0.15) is 11.9 Å². The van der Waals surface area contributed by atoms with Crippen molar-refractivity contribution in [2.24, 2.45) is 0 Å². The van der Waals surface area contributed by atoms with E-state index in [0.717, 1.165) is 29.9 Å². The van der Waals surface area contributed by atoms with Gasteiger partial charge in [0.05, 0.1) is 6.54 Å². The number of alkyl halides is 3. The smallest absolute Gasteiger partial charge is 0.406 e. The lowest BCUT2D eigenvalue weighted by molar-refractivity contribution is -0.274. The molecule has 0 N–H and O–H groups in total. The summed E-state index contributed by atoms with van der Waals surface area (Å²) in [4.78, 5) is 18.7. The third-order valence-electron chi connectivity index (χ3n) is 5.54. The van der Waals surface area contributed by atoms with E-state index in [9.17, 15) is 18.0 Å². The fourth-order valence-corrected chi connectivity index (χ4v) is 4.00. The maximum atomic E-state index is 12.6. The van der Waals surface area contributed by atoms with Crippen LogP contribution in [0, 0.1) is 0 Å². The lowest BCUT2D eigenvalue weighted by Gasteiger charge is -2.29. The van der Waals surface area contributed by atoms with Crippen molar-refractivity contribution in [2.75, 3.05) is 38.1 Å². The molecule has 1 aliphatic heterocycles. The Morgan fingerprint density at radius 1 is 1.03 bits per heavy atom. The summed E-state index contributed by atoms with van der Waals surface area (Å²) in [6, 6.07) is 14.1. The maximum Gasteiger partial charge on any atom is 0.573 e. The van der Waals surface area contributed by atoms with Gasteiger partial charge in [-0.15, -0.1) is 13.2 Å². The van der Waals surface area contributed by atoms with Crippen LogP contribution in [0.3, 0.4) is 0 Å². The van der Waals surface area contributed by atoms with E-state index in [0.29, 0.717) is 19.5 Å². The van der Waals surface area contributed by atoms with Crippen LogP contribution in [0.4, 0.5) is 18.9 Å². The van der Waals surface area contributed by atoms with Gasteiger partial charge in [0, 0.05) is 25.3 Å². The molecule has 1 amide bonds. The molecule has 0 radical (unpaired) electrons. The summed E-state index contributed by atoms with van der Waals surface area (Å²) in [7, 11) is 1.92. The van der Waals surface area contributed by atoms with Crippen molar-refractivity contribution in [1.29, 1.82) is 0 Å². The zero-order valence-corrected chi connectivity index (χ0v) is 18.0. The first-order chi connectivity index (χ1) is 14.7. The number of rotatable bonds is 8. The number of ether oxygens (including phenoxy) is 1. The number of anilines is 1. The van der Waals surface area contributed by atoms with Gasteiger partial charge in [-0.3, -0.25) is 9.69 Å². The van der Waals surface area contributed by atoms with Crippen LogP contribution < -0.4 is 9.64 Å². The number of carbonyl (C=O) groups excluding carboxylic acids is 1. The van der Waals surface area contributed by atoms with Gasteiger partial charge in [-0.25, -0.2) is 0 Å². The van der Waals surface area contributed by atoms with Crippen LogP contribution in [-0.2, 0) is 11.2 Å². The Morgan fingerprint density at radius 3 is 2.19 bits per heavy atom. The van der Waals surface area contributed by atoms with Gasteiger partial charge >= 0.3 is 6.36 Å². The fourth-order valence-electron chi connectivity index (χ4n) is 4.00. The van der Waals surface area contributed by atoms with Gasteiger partial charge in [-0.05, 0) is 62.7 Å². The average molecular weight is 435 g/mol. The van der Waals surface area contributed by atoms with Crippen molar-refractivity contribution < 1.29 is 22.7 Å². The van der Waals surface area contributed by atoms with Crippen LogP contribution in [0.25, 0.3) is 0 Å². The lowest BCUT2D eigenvalue weighted by atomic mass is 10.1. The highest BCUT2D eigenvalue weighted by molar-refractivity contribution is 5.81. The maximum absolute atomic E-state index is 12.6. The second-order valence-electron chi connectivity index (χ2n) is 7.58. The molecular formula is C23H28F3N3O2. The number of amides is 1. The Kier molecular flexibility index (Phi) is 7.10. The standard InChI is InChI=1S/C23H28F3N3O2/c1-4-28(5-2)19-10-8-18(9-11-19)22-27(3)16-21(30)29(22)15-14-17-6-12-20(13-7-17)31-23(24,25)26/h6-13,22H,4-5,14-16H2,1-3H3. The van der Waals surface area contributed by atoms with Gasteiger partial charge in [0.15, 0.2) is 0 Å². The number of benzene rings is 2. The molecule has 1 unspecified atom stereocenters. The van der Waals surface area contributed by atoms with Gasteiger partial charge in [-0.1, -0.05) is 24.3 Å². The second kappa shape index (κ2) is 9.60. The van der Waals surface area contributed by atoms with E-state index in [1.54, 1.807) is 12.1 Å². The molecule has 2 aromatic rings. The van der Waals surface area contributed by atoms with Crippen molar-refractivity contribution >= 4 is 11.6 Å². The Morgan fingerprint density at radius 2 is 1.65 bits per heavy atom. The Hall–Kier alpha value is -2.74. The largest absolute Gasteiger partial charge is 0.573 e. The van der Waals surface area contributed by atoms with Gasteiger partial charge < -0.3 is 14.5 Å². The molecule has 5 nitrogen and oxygen atoms in total. The molecule has 2 aromatic carbocycles. The Labute approximate surface area is 181 Å². The first kappa shape index (κ1) is 22.9. The van der Waals surface area contributed by atoms with Crippen LogP contribution in [0.1, 0.15) is 31.1 Å². The van der Waals surface area contributed by atoms with Gasteiger partial charge in [0.25, 0.3) is 0 Å². The van der Waals surface area contributed by atoms with Crippen LogP contribution in [0.2, 0.25) is 0 Å². The molecule has 0 spiro atoms. The molecule has 1 heterocycles. The Balaban J connectivity index is 1.69. The molecule has 1 saturated heterocycles. The molecule has 0 saturated carbocycles. The molecule has 31 heavy (non-hydrogen) atoms. The highest BCUT2D eigenvalue weighted by Gasteiger charge is 2.36. The van der Waals surface area contributed by atoms with Crippen LogP contribution in [0.15, 0.2) is 48.5 Å². The molecule has 1 atom stereocenters. The van der Waals surface area contributed by atoms with E-state index in [1.165, 1.54) is 12.1 Å². The summed E-state index contributed by atoms with van der Waals surface area (Å²) in [5.41, 5.74) is 3.03. The SMILES string of the molecule is CCN(CC)c1ccc(C2N(C)CC(=O)N2CCc2ccc(OC(F)(F)F)cc2)cc1. The molecule has 3 rings (SSSR count). The molecule has 8 heteroatoms. The zero-order chi connectivity index (χ0) is 22.6. The molecule has 168 valence electrons. The molecule has 0 aromatic heterocycles. The predicted octanol–water partition coefficient (Wildman–Crippen LogP) is 4.45. The summed E-state index contributed by atoms with van der Waals surface area (Å²) in [6.07, 6.45) is -4.33. The first-order valence-electron chi connectivity index (χ1n) is 10.4. The summed E-state index contributed by atoms with van der Waals surface area (Å²) >= 11 is 0. The Bertz CT molecular complexity index is 865. The summed E-state index contributed by atoms with van der Waals surface area (Å²) in [6.45, 7) is 6.90. The van der Waals surface area contributed by atoms with Gasteiger partial charge in [0.2, 0.25) is 5.91 Å². The number of likely N-dealkylation sites (N-methyl/N-ethyl adjacent to an activating group) is 1. The lowest BCUT2D eigenvalue weighted by Crippen LogP contribution is -2.32. The molecule has 0 aliphatic carbocycles. The highest BCUT2D eigenvalue weighted by atomic mass is 19.4. The number of hydrogen-bond acceptors (Lipinski definition) is 4. The minimum atomic E-state index is -4.71. The average Bonchev–Trinajstić information content (AvgIpc) is 3.01. The number of nitrogens with zero attached hydrogens (tertiary/aromatic N) is 3. The summed E-state index contributed by atoms with van der Waals surface area (Å²) < 4.78 is 40.9. The van der Waals surface area contributed by atoms with Crippen molar-refractivity contribution in [3.05, 3.63) is 59.7 Å². The normalized spacial score (nSPS) is 17.3. The van der Waals surface area contributed by atoms with E-state index in [1.807, 2.05) is 16.8 Å². The minimum absolute atomic E-state index is 0.0392. The predicted molar refractivity (Wildman–Crippen MR) is 114 cm³/mol. The number of carbonyl (C=O) groups is 1. The van der Waals surface area contributed by atoms with Crippen LogP contribution in [0.5, 0.6) is 5.75 Å². The monoisotopic (exact) mass is 435 g/mol. The molecule has 1 aliphatic rings. The third kappa shape index (κ3) is 5.70. The summed E-state index contributed by atoms with van der Waals surface area (Å²) in [5.74, 6) is -0.211. The fraction of sp³-hybridized carbons (Fsp3) is 0.435. The second-order valence-corrected chi connectivity index (χ2v) is 7.58. The van der Waals surface area contributed by atoms with Crippen molar-refractivity contribution in [3.8, 4) is 5.75 Å². The first-order valence-corrected chi connectivity index (χ1v) is 10.4. The molecule has 1 fully saturated rings. The van der Waals surface area contributed by atoms with Crippen molar-refractivity contribution in [1.82, 2.24) is 9.80 Å². The van der Waals surface area contributed by atoms with Crippen molar-refractivity contribution in [3.63, 3.8) is 0 Å². The van der Waals surface area contributed by atoms with E-state index in [2.05, 4.69) is 47.7 Å². The third-order valence-corrected chi connectivity index (χ3v) is 5.54. The van der Waals surface area contributed by atoms with E-state index in [4.69, 9.17) is 0 Å². The van der Waals surface area contributed by atoms with E-state index < -0.39 is 6.36 Å².